The number of hydrogen-bond donors (Lipinski definition) is 1. The standard InChI is InChI=1S/C17H24FN3O.2ClH/c1-20-8-5-13(6-9-20)17(22)21-10-7-19-12-16(21)14-3-2-4-15(18)11-14;;/h2-4,11,13,16,19H,5-10,12H2,1H3;2*1H. The summed E-state index contributed by atoms with van der Waals surface area (Å²) in [6, 6.07) is 6.57. The third kappa shape index (κ3) is 4.82. The van der Waals surface area contributed by atoms with E-state index >= 15 is 0 Å². The van der Waals surface area contributed by atoms with Gasteiger partial charge in [-0.25, -0.2) is 4.39 Å². The van der Waals surface area contributed by atoms with Gasteiger partial charge < -0.3 is 15.1 Å². The summed E-state index contributed by atoms with van der Waals surface area (Å²) in [6.45, 7) is 4.17. The Morgan fingerprint density at radius 3 is 2.58 bits per heavy atom. The number of hydrogen-bond acceptors (Lipinski definition) is 3. The SMILES string of the molecule is CN1CCC(C(=O)N2CCNCC2c2cccc(F)c2)CC1.Cl.Cl. The fraction of sp³-hybridized carbons (Fsp3) is 0.588. The average Bonchev–Trinajstić information content (AvgIpc) is 2.55. The van der Waals surface area contributed by atoms with Crippen molar-refractivity contribution in [2.45, 2.75) is 18.9 Å². The first-order valence-corrected chi connectivity index (χ1v) is 8.10. The molecule has 2 fully saturated rings. The van der Waals surface area contributed by atoms with Crippen LogP contribution in [-0.4, -0.2) is 55.5 Å². The van der Waals surface area contributed by atoms with Gasteiger partial charge in [-0.15, -0.1) is 24.8 Å². The highest BCUT2D eigenvalue weighted by Crippen LogP contribution is 2.27. The molecule has 136 valence electrons. The molecule has 0 spiro atoms. The molecule has 0 saturated carbocycles. The maximum absolute atomic E-state index is 13.5. The summed E-state index contributed by atoms with van der Waals surface area (Å²) in [5.74, 6) is 0.115. The van der Waals surface area contributed by atoms with Crippen LogP contribution in [0.3, 0.4) is 0 Å². The van der Waals surface area contributed by atoms with E-state index in [2.05, 4.69) is 17.3 Å². The maximum Gasteiger partial charge on any atom is 0.226 e. The number of nitrogens with one attached hydrogen (secondary N) is 1. The van der Waals surface area contributed by atoms with Gasteiger partial charge in [0.2, 0.25) is 5.91 Å². The van der Waals surface area contributed by atoms with E-state index < -0.39 is 0 Å². The zero-order chi connectivity index (χ0) is 15.5. The van der Waals surface area contributed by atoms with Gasteiger partial charge in [0, 0.05) is 25.6 Å². The lowest BCUT2D eigenvalue weighted by Gasteiger charge is -2.40. The van der Waals surface area contributed by atoms with Crippen molar-refractivity contribution >= 4 is 30.7 Å². The Balaban J connectivity index is 0.00000144. The molecule has 2 aliphatic rings. The van der Waals surface area contributed by atoms with Gasteiger partial charge in [-0.3, -0.25) is 4.79 Å². The van der Waals surface area contributed by atoms with Crippen LogP contribution in [0, 0.1) is 11.7 Å². The number of likely N-dealkylation sites (tertiary alicyclic amines) is 1. The molecule has 1 unspecified atom stereocenters. The molecule has 0 aliphatic carbocycles. The van der Waals surface area contributed by atoms with Crippen molar-refractivity contribution in [1.82, 2.24) is 15.1 Å². The normalized spacial score (nSPS) is 22.4. The molecule has 1 atom stereocenters. The molecule has 2 heterocycles. The summed E-state index contributed by atoms with van der Waals surface area (Å²) in [5.41, 5.74) is 0.883. The summed E-state index contributed by atoms with van der Waals surface area (Å²) < 4.78 is 13.5. The zero-order valence-corrected chi connectivity index (χ0v) is 15.5. The number of piperidine rings is 1. The molecule has 0 bridgehead atoms. The van der Waals surface area contributed by atoms with Gasteiger partial charge in [0.1, 0.15) is 5.82 Å². The van der Waals surface area contributed by atoms with Crippen LogP contribution in [0.5, 0.6) is 0 Å². The minimum atomic E-state index is -0.241. The van der Waals surface area contributed by atoms with E-state index in [1.54, 1.807) is 12.1 Å². The molecular weight excluding hydrogens is 352 g/mol. The maximum atomic E-state index is 13.5. The predicted octanol–water partition coefficient (Wildman–Crippen LogP) is 2.48. The van der Waals surface area contributed by atoms with Crippen molar-refractivity contribution in [1.29, 1.82) is 0 Å². The number of carbonyl (C=O) groups excluding carboxylic acids is 1. The number of piperazine rings is 1. The second-order valence-electron chi connectivity index (χ2n) is 6.38. The van der Waals surface area contributed by atoms with Crippen molar-refractivity contribution < 1.29 is 9.18 Å². The van der Waals surface area contributed by atoms with Crippen molar-refractivity contribution in [3.63, 3.8) is 0 Å². The van der Waals surface area contributed by atoms with Crippen LogP contribution in [-0.2, 0) is 4.79 Å². The monoisotopic (exact) mass is 377 g/mol. The van der Waals surface area contributed by atoms with Gasteiger partial charge in [-0.05, 0) is 50.7 Å². The highest BCUT2D eigenvalue weighted by atomic mass is 35.5. The first-order chi connectivity index (χ1) is 10.6. The topological polar surface area (TPSA) is 35.6 Å². The summed E-state index contributed by atoms with van der Waals surface area (Å²) >= 11 is 0. The van der Waals surface area contributed by atoms with E-state index in [4.69, 9.17) is 0 Å². The molecule has 1 aromatic carbocycles. The molecule has 7 heteroatoms. The predicted molar refractivity (Wildman–Crippen MR) is 98.4 cm³/mol. The summed E-state index contributed by atoms with van der Waals surface area (Å²) in [7, 11) is 2.10. The molecule has 1 aromatic rings. The van der Waals surface area contributed by atoms with E-state index in [0.717, 1.165) is 38.0 Å². The third-order valence-corrected chi connectivity index (χ3v) is 4.83. The largest absolute Gasteiger partial charge is 0.333 e. The molecule has 1 amide bonds. The van der Waals surface area contributed by atoms with Crippen molar-refractivity contribution in [3.8, 4) is 0 Å². The van der Waals surface area contributed by atoms with E-state index in [9.17, 15) is 9.18 Å². The summed E-state index contributed by atoms with van der Waals surface area (Å²) in [4.78, 5) is 17.1. The zero-order valence-electron chi connectivity index (χ0n) is 13.9. The van der Waals surface area contributed by atoms with Gasteiger partial charge in [-0.1, -0.05) is 12.1 Å². The average molecular weight is 378 g/mol. The Kier molecular flexibility index (Phi) is 8.43. The molecule has 0 radical (unpaired) electrons. The summed E-state index contributed by atoms with van der Waals surface area (Å²) in [5, 5.41) is 3.32. The first-order valence-electron chi connectivity index (χ1n) is 8.10. The molecule has 3 rings (SSSR count). The second kappa shape index (κ2) is 9.56. The van der Waals surface area contributed by atoms with Crippen LogP contribution in [0.4, 0.5) is 4.39 Å². The van der Waals surface area contributed by atoms with E-state index in [1.165, 1.54) is 6.07 Å². The van der Waals surface area contributed by atoms with Crippen molar-refractivity contribution in [3.05, 3.63) is 35.6 Å². The molecule has 4 nitrogen and oxygen atoms in total. The van der Waals surface area contributed by atoms with Crippen LogP contribution in [0.25, 0.3) is 0 Å². The van der Waals surface area contributed by atoms with Crippen LogP contribution >= 0.6 is 24.8 Å². The minimum Gasteiger partial charge on any atom is -0.333 e. The highest BCUT2D eigenvalue weighted by Gasteiger charge is 2.33. The molecule has 2 aliphatic heterocycles. The molecule has 24 heavy (non-hydrogen) atoms. The molecule has 1 N–H and O–H groups in total. The van der Waals surface area contributed by atoms with Gasteiger partial charge in [0.15, 0.2) is 0 Å². The molecule has 2 saturated heterocycles. The Morgan fingerprint density at radius 1 is 1.21 bits per heavy atom. The van der Waals surface area contributed by atoms with E-state index in [1.807, 2.05) is 11.0 Å². The first kappa shape index (κ1) is 21.2. The third-order valence-electron chi connectivity index (χ3n) is 4.83. The lowest BCUT2D eigenvalue weighted by atomic mass is 9.93. The number of rotatable bonds is 2. The van der Waals surface area contributed by atoms with Crippen LogP contribution < -0.4 is 5.32 Å². The lowest BCUT2D eigenvalue weighted by Crippen LogP contribution is -2.51. The Hall–Kier alpha value is -0.880. The Bertz CT molecular complexity index is 538. The highest BCUT2D eigenvalue weighted by molar-refractivity contribution is 5.85. The van der Waals surface area contributed by atoms with Crippen molar-refractivity contribution in [2.24, 2.45) is 5.92 Å². The number of benzene rings is 1. The van der Waals surface area contributed by atoms with Gasteiger partial charge in [-0.2, -0.15) is 0 Å². The smallest absolute Gasteiger partial charge is 0.226 e. The number of halogens is 3. The summed E-state index contributed by atoms with van der Waals surface area (Å²) in [6.07, 6.45) is 1.85. The molecular formula is C17H26Cl2FN3O. The van der Waals surface area contributed by atoms with E-state index in [0.29, 0.717) is 13.1 Å². The Labute approximate surface area is 155 Å². The second-order valence-corrected chi connectivity index (χ2v) is 6.38. The van der Waals surface area contributed by atoms with Crippen molar-refractivity contribution in [2.75, 3.05) is 39.8 Å². The fourth-order valence-corrected chi connectivity index (χ4v) is 3.47. The van der Waals surface area contributed by atoms with Gasteiger partial charge >= 0.3 is 0 Å². The van der Waals surface area contributed by atoms with Crippen LogP contribution in [0.1, 0.15) is 24.4 Å². The molecule has 0 aromatic heterocycles. The van der Waals surface area contributed by atoms with Gasteiger partial charge in [0.25, 0.3) is 0 Å². The van der Waals surface area contributed by atoms with E-state index in [-0.39, 0.29) is 48.5 Å². The number of nitrogens with zero attached hydrogens (tertiary/aromatic N) is 2. The van der Waals surface area contributed by atoms with Crippen LogP contribution in [0.2, 0.25) is 0 Å². The Morgan fingerprint density at radius 2 is 1.92 bits per heavy atom. The number of amides is 1. The fourth-order valence-electron chi connectivity index (χ4n) is 3.47. The minimum absolute atomic E-state index is 0. The van der Waals surface area contributed by atoms with Gasteiger partial charge in [0.05, 0.1) is 6.04 Å². The number of carbonyl (C=O) groups is 1. The lowest BCUT2D eigenvalue weighted by molar-refractivity contribution is -0.140. The van der Waals surface area contributed by atoms with Crippen LogP contribution in [0.15, 0.2) is 24.3 Å². The quantitative estimate of drug-likeness (QED) is 0.859.